The molecule has 0 bridgehead atoms. The third-order valence-electron chi connectivity index (χ3n) is 3.40. The number of H-pyrrole nitrogens is 1. The fourth-order valence-electron chi connectivity index (χ4n) is 2.29. The molecule has 0 radical (unpaired) electrons. The van der Waals surface area contributed by atoms with Gasteiger partial charge in [-0.05, 0) is 18.2 Å². The number of carbonyl (C=O) groups excluding carboxylic acids is 2. The van der Waals surface area contributed by atoms with Crippen molar-refractivity contribution in [2.24, 2.45) is 0 Å². The van der Waals surface area contributed by atoms with Crippen LogP contribution in [0.2, 0.25) is 0 Å². The molecule has 0 aliphatic carbocycles. The smallest absolute Gasteiger partial charge is 0.337 e. The number of fused-ring (bicyclic) bond motifs is 1. The van der Waals surface area contributed by atoms with E-state index in [1.165, 1.54) is 7.11 Å². The zero-order valence-corrected chi connectivity index (χ0v) is 11.4. The number of rotatable bonds is 3. The van der Waals surface area contributed by atoms with Crippen LogP contribution in [0, 0.1) is 0 Å². The molecule has 0 spiro atoms. The monoisotopic (exact) mass is 279 g/mol. The highest BCUT2D eigenvalue weighted by atomic mass is 16.5. The maximum atomic E-state index is 12.5. The summed E-state index contributed by atoms with van der Waals surface area (Å²) in [6.07, 6.45) is 1.71. The van der Waals surface area contributed by atoms with Crippen molar-refractivity contribution in [3.8, 4) is 0 Å². The Labute approximate surface area is 121 Å². The molecule has 0 amide bonds. The van der Waals surface area contributed by atoms with E-state index in [0.29, 0.717) is 16.7 Å². The van der Waals surface area contributed by atoms with Crippen molar-refractivity contribution >= 4 is 22.7 Å². The Hall–Kier alpha value is -2.88. The van der Waals surface area contributed by atoms with Crippen LogP contribution in [0.5, 0.6) is 0 Å². The summed E-state index contributed by atoms with van der Waals surface area (Å²) in [6, 6.07) is 14.1. The first-order valence-electron chi connectivity index (χ1n) is 6.50. The highest BCUT2D eigenvalue weighted by Crippen LogP contribution is 2.21. The molecule has 2 aromatic carbocycles. The van der Waals surface area contributed by atoms with Gasteiger partial charge in [0.15, 0.2) is 5.78 Å². The Bertz CT molecular complexity index is 815. The van der Waals surface area contributed by atoms with Crippen molar-refractivity contribution in [2.45, 2.75) is 0 Å². The highest BCUT2D eigenvalue weighted by Gasteiger charge is 2.14. The second kappa shape index (κ2) is 5.25. The normalized spacial score (nSPS) is 10.5. The fourth-order valence-corrected chi connectivity index (χ4v) is 2.29. The number of ether oxygens (including phenoxy) is 1. The van der Waals surface area contributed by atoms with E-state index in [2.05, 4.69) is 9.72 Å². The molecule has 0 atom stereocenters. The average Bonchev–Trinajstić information content (AvgIpc) is 2.97. The Morgan fingerprint density at radius 1 is 0.952 bits per heavy atom. The van der Waals surface area contributed by atoms with Crippen molar-refractivity contribution < 1.29 is 14.3 Å². The molecule has 4 heteroatoms. The van der Waals surface area contributed by atoms with E-state index >= 15 is 0 Å². The fraction of sp³-hybridized carbons (Fsp3) is 0.0588. The van der Waals surface area contributed by atoms with Crippen LogP contribution >= 0.6 is 0 Å². The number of benzene rings is 2. The minimum absolute atomic E-state index is 0.0798. The van der Waals surface area contributed by atoms with Gasteiger partial charge in [0.25, 0.3) is 0 Å². The van der Waals surface area contributed by atoms with Gasteiger partial charge in [0.1, 0.15) is 0 Å². The summed E-state index contributed by atoms with van der Waals surface area (Å²) in [7, 11) is 1.33. The molecule has 1 aromatic heterocycles. The lowest BCUT2D eigenvalue weighted by Gasteiger charge is -2.02. The van der Waals surface area contributed by atoms with Crippen molar-refractivity contribution in [3.05, 3.63) is 71.4 Å². The molecule has 0 aliphatic rings. The number of para-hydroxylation sites is 1. The molecule has 0 saturated carbocycles. The molecule has 1 N–H and O–H groups in total. The molecule has 3 aromatic rings. The zero-order valence-electron chi connectivity index (χ0n) is 11.4. The number of carbonyl (C=O) groups is 2. The van der Waals surface area contributed by atoms with E-state index in [1.807, 2.05) is 24.3 Å². The van der Waals surface area contributed by atoms with Crippen LogP contribution in [0.15, 0.2) is 54.7 Å². The first-order chi connectivity index (χ1) is 10.2. The van der Waals surface area contributed by atoms with Gasteiger partial charge in [-0.2, -0.15) is 0 Å². The first kappa shape index (κ1) is 13.1. The number of hydrogen-bond acceptors (Lipinski definition) is 3. The Morgan fingerprint density at radius 2 is 1.62 bits per heavy atom. The Balaban J connectivity index is 1.97. The summed E-state index contributed by atoms with van der Waals surface area (Å²) in [5, 5.41) is 0.888. The lowest BCUT2D eigenvalue weighted by Crippen LogP contribution is -2.04. The van der Waals surface area contributed by atoms with Gasteiger partial charge in [-0.25, -0.2) is 4.79 Å². The molecule has 0 saturated heterocycles. The van der Waals surface area contributed by atoms with E-state index < -0.39 is 5.97 Å². The lowest BCUT2D eigenvalue weighted by atomic mass is 10.0. The molecule has 0 fully saturated rings. The number of nitrogens with one attached hydrogen (secondary N) is 1. The van der Waals surface area contributed by atoms with Gasteiger partial charge in [-0.15, -0.1) is 0 Å². The molecule has 3 rings (SSSR count). The molecule has 1 heterocycles. The number of aromatic amines is 1. The second-order valence-electron chi connectivity index (χ2n) is 4.65. The maximum Gasteiger partial charge on any atom is 0.337 e. The lowest BCUT2D eigenvalue weighted by molar-refractivity contribution is 0.0600. The van der Waals surface area contributed by atoms with Gasteiger partial charge >= 0.3 is 5.97 Å². The molecule has 0 aliphatic heterocycles. The van der Waals surface area contributed by atoms with Crippen molar-refractivity contribution in [2.75, 3.05) is 7.11 Å². The SMILES string of the molecule is COC(=O)c1ccc(C(=O)c2c[nH]c3ccccc23)cc1. The minimum atomic E-state index is -0.416. The quantitative estimate of drug-likeness (QED) is 0.591. The molecule has 4 nitrogen and oxygen atoms in total. The largest absolute Gasteiger partial charge is 0.465 e. The van der Waals surface area contributed by atoms with Crippen LogP contribution in [0.3, 0.4) is 0 Å². The van der Waals surface area contributed by atoms with Gasteiger partial charge in [-0.1, -0.05) is 30.3 Å². The van der Waals surface area contributed by atoms with Gasteiger partial charge in [0.2, 0.25) is 0 Å². The van der Waals surface area contributed by atoms with E-state index in [9.17, 15) is 9.59 Å². The van der Waals surface area contributed by atoms with Gasteiger partial charge in [0, 0.05) is 28.2 Å². The standard InChI is InChI=1S/C17H13NO3/c1-21-17(20)12-8-6-11(7-9-12)16(19)14-10-18-15-5-3-2-4-13(14)15/h2-10,18H,1H3. The van der Waals surface area contributed by atoms with E-state index in [0.717, 1.165) is 10.9 Å². The second-order valence-corrected chi connectivity index (χ2v) is 4.65. The summed E-state index contributed by atoms with van der Waals surface area (Å²) in [6.45, 7) is 0. The van der Waals surface area contributed by atoms with Crippen LogP contribution < -0.4 is 0 Å². The van der Waals surface area contributed by atoms with Crippen LogP contribution in [-0.4, -0.2) is 23.8 Å². The number of esters is 1. The highest BCUT2D eigenvalue weighted by molar-refractivity contribution is 6.16. The molecule has 104 valence electrons. The van der Waals surface area contributed by atoms with Crippen LogP contribution in [0.4, 0.5) is 0 Å². The van der Waals surface area contributed by atoms with Gasteiger partial charge < -0.3 is 9.72 Å². The summed E-state index contributed by atoms with van der Waals surface area (Å²) in [5.74, 6) is -0.495. The van der Waals surface area contributed by atoms with Crippen LogP contribution in [-0.2, 0) is 4.74 Å². The molecule has 21 heavy (non-hydrogen) atoms. The maximum absolute atomic E-state index is 12.5. The van der Waals surface area contributed by atoms with E-state index in [-0.39, 0.29) is 5.78 Å². The topological polar surface area (TPSA) is 59.2 Å². The predicted octanol–water partition coefficient (Wildman–Crippen LogP) is 3.19. The third kappa shape index (κ3) is 2.31. The van der Waals surface area contributed by atoms with Crippen molar-refractivity contribution in [1.29, 1.82) is 0 Å². The molecular weight excluding hydrogens is 266 g/mol. The van der Waals surface area contributed by atoms with E-state index in [1.54, 1.807) is 30.5 Å². The van der Waals surface area contributed by atoms with Crippen LogP contribution in [0.25, 0.3) is 10.9 Å². The Kier molecular flexibility index (Phi) is 3.28. The van der Waals surface area contributed by atoms with Crippen molar-refractivity contribution in [1.82, 2.24) is 4.98 Å². The summed E-state index contributed by atoms with van der Waals surface area (Å²) < 4.78 is 4.64. The van der Waals surface area contributed by atoms with Crippen LogP contribution in [0.1, 0.15) is 26.3 Å². The number of hydrogen-bond donors (Lipinski definition) is 1. The number of aromatic nitrogens is 1. The summed E-state index contributed by atoms with van der Waals surface area (Å²) in [5.41, 5.74) is 2.50. The molecule has 0 unspecified atom stereocenters. The number of methoxy groups -OCH3 is 1. The Morgan fingerprint density at radius 3 is 2.33 bits per heavy atom. The van der Waals surface area contributed by atoms with Crippen molar-refractivity contribution in [3.63, 3.8) is 0 Å². The first-order valence-corrected chi connectivity index (χ1v) is 6.50. The number of ketones is 1. The van der Waals surface area contributed by atoms with Gasteiger partial charge in [-0.3, -0.25) is 4.79 Å². The minimum Gasteiger partial charge on any atom is -0.465 e. The summed E-state index contributed by atoms with van der Waals surface area (Å²) in [4.78, 5) is 27.0. The zero-order chi connectivity index (χ0) is 14.8. The molecular formula is C17H13NO3. The third-order valence-corrected chi connectivity index (χ3v) is 3.40. The van der Waals surface area contributed by atoms with Gasteiger partial charge in [0.05, 0.1) is 12.7 Å². The summed E-state index contributed by atoms with van der Waals surface area (Å²) >= 11 is 0. The predicted molar refractivity (Wildman–Crippen MR) is 79.5 cm³/mol. The van der Waals surface area contributed by atoms with E-state index in [4.69, 9.17) is 0 Å². The average molecular weight is 279 g/mol.